The van der Waals surface area contributed by atoms with Crippen molar-refractivity contribution in [3.05, 3.63) is 34.5 Å². The predicted molar refractivity (Wildman–Crippen MR) is 143 cm³/mol. The summed E-state index contributed by atoms with van der Waals surface area (Å²) in [5.41, 5.74) is -0.621. The fourth-order valence-electron chi connectivity index (χ4n) is 5.59. The average molecular weight is 575 g/mol. The third-order valence-corrected chi connectivity index (χ3v) is 7.90. The molecular weight excluding hydrogens is 536 g/mol. The number of methoxy groups -OCH3 is 2. The third kappa shape index (κ3) is 6.21. The number of nitrogens with one attached hydrogen (secondary N) is 3. The van der Waals surface area contributed by atoms with Crippen molar-refractivity contribution in [1.82, 2.24) is 30.9 Å². The largest absolute Gasteiger partial charge is 0.465 e. The number of hydrogen-bond acceptors (Lipinski definition) is 10. The van der Waals surface area contributed by atoms with Crippen molar-refractivity contribution in [2.45, 2.75) is 83.0 Å². The van der Waals surface area contributed by atoms with Gasteiger partial charge in [0.2, 0.25) is 5.76 Å². The van der Waals surface area contributed by atoms with Gasteiger partial charge in [0.15, 0.2) is 0 Å². The van der Waals surface area contributed by atoms with Crippen LogP contribution in [0.4, 0.5) is 4.79 Å². The zero-order valence-electron chi connectivity index (χ0n) is 23.8. The molecule has 1 spiro atoms. The van der Waals surface area contributed by atoms with Gasteiger partial charge in [0.05, 0.1) is 56.9 Å². The lowest BCUT2D eigenvalue weighted by Gasteiger charge is -2.39. The zero-order valence-corrected chi connectivity index (χ0v) is 23.8. The van der Waals surface area contributed by atoms with Crippen LogP contribution in [0.5, 0.6) is 0 Å². The Morgan fingerprint density at radius 2 is 1.80 bits per heavy atom. The summed E-state index contributed by atoms with van der Waals surface area (Å²) < 4.78 is 17.3. The molecule has 1 aliphatic carbocycles. The monoisotopic (exact) mass is 574 g/mol. The smallest absolute Gasteiger partial charge is 0.342 e. The molecule has 3 amide bonds. The van der Waals surface area contributed by atoms with E-state index in [0.29, 0.717) is 18.5 Å². The number of amides is 3. The van der Waals surface area contributed by atoms with Gasteiger partial charge in [-0.3, -0.25) is 4.79 Å². The molecule has 224 valence electrons. The summed E-state index contributed by atoms with van der Waals surface area (Å²) in [5.74, 6) is -3.03. The summed E-state index contributed by atoms with van der Waals surface area (Å²) in [6.07, 6.45) is 5.94. The van der Waals surface area contributed by atoms with Gasteiger partial charge in [-0.05, 0) is 25.2 Å². The van der Waals surface area contributed by atoms with Crippen LogP contribution in [0.2, 0.25) is 0 Å². The fraction of sp³-hybridized carbons (Fsp3) is 0.630. The van der Waals surface area contributed by atoms with Crippen molar-refractivity contribution in [2.75, 3.05) is 20.8 Å². The number of fused-ring (bicyclic) bond motifs is 4. The highest BCUT2D eigenvalue weighted by Crippen LogP contribution is 2.37. The molecule has 2 aromatic rings. The molecule has 3 heterocycles. The maximum absolute atomic E-state index is 13.6. The molecule has 0 unspecified atom stereocenters. The maximum atomic E-state index is 13.6. The number of carbonyl (C=O) groups is 4. The number of urea groups is 1. The third-order valence-electron chi connectivity index (χ3n) is 7.90. The first-order valence-corrected chi connectivity index (χ1v) is 13.9. The highest BCUT2D eigenvalue weighted by Gasteiger charge is 2.40. The molecular formula is C27H38N6O8. The molecule has 2 aliphatic rings. The Bertz CT molecular complexity index is 1280. The van der Waals surface area contributed by atoms with Gasteiger partial charge in [0, 0.05) is 6.42 Å². The molecule has 0 aromatic carbocycles. The molecule has 0 radical (unpaired) electrons. The minimum atomic E-state index is -0.946. The van der Waals surface area contributed by atoms with Gasteiger partial charge in [0.25, 0.3) is 5.91 Å². The Balaban J connectivity index is 1.83. The first kappa shape index (κ1) is 30.0. The van der Waals surface area contributed by atoms with Gasteiger partial charge in [-0.1, -0.05) is 38.3 Å². The standard InChI is InChI=1S/C27H38N6O8/c1-15(2)17-13-33-19(12-28-32-33)27(10-6-5-7-11-27)31-26(38)29-16(14-34)8-9-18-20(24(36)39-3)21(25(37)40-4)22(41-18)23(35)30-17/h12,15-17,34H,5-11,13-14H2,1-4H3,(H,30,35)(H2,29,31,38)/t16-,17+/m0/s1. The maximum Gasteiger partial charge on any atom is 0.342 e. The van der Waals surface area contributed by atoms with E-state index in [2.05, 4.69) is 26.3 Å². The fourth-order valence-corrected chi connectivity index (χ4v) is 5.59. The Hall–Kier alpha value is -3.94. The Labute approximate surface area is 237 Å². The van der Waals surface area contributed by atoms with Crippen LogP contribution < -0.4 is 16.0 Å². The second kappa shape index (κ2) is 12.7. The molecule has 14 heteroatoms. The van der Waals surface area contributed by atoms with Crippen molar-refractivity contribution in [2.24, 2.45) is 5.92 Å². The summed E-state index contributed by atoms with van der Waals surface area (Å²) in [7, 11) is 2.27. The molecule has 41 heavy (non-hydrogen) atoms. The Morgan fingerprint density at radius 3 is 2.44 bits per heavy atom. The van der Waals surface area contributed by atoms with E-state index in [1.54, 1.807) is 10.9 Å². The zero-order chi connectivity index (χ0) is 29.7. The van der Waals surface area contributed by atoms with Gasteiger partial charge < -0.3 is 34.9 Å². The number of aliphatic hydroxyl groups excluding tert-OH is 1. The summed E-state index contributed by atoms with van der Waals surface area (Å²) in [5, 5.41) is 27.4. The van der Waals surface area contributed by atoms with Crippen LogP contribution in [0.3, 0.4) is 0 Å². The van der Waals surface area contributed by atoms with Gasteiger partial charge >= 0.3 is 18.0 Å². The predicted octanol–water partition coefficient (Wildman–Crippen LogP) is 1.66. The molecule has 1 saturated carbocycles. The van der Waals surface area contributed by atoms with Gasteiger partial charge in [-0.15, -0.1) is 5.10 Å². The first-order chi connectivity index (χ1) is 19.6. The van der Waals surface area contributed by atoms with E-state index in [0.717, 1.165) is 33.5 Å². The quantitative estimate of drug-likeness (QED) is 0.391. The summed E-state index contributed by atoms with van der Waals surface area (Å²) in [4.78, 5) is 52.6. The van der Waals surface area contributed by atoms with Gasteiger partial charge in [0.1, 0.15) is 16.9 Å². The van der Waals surface area contributed by atoms with Gasteiger partial charge in [-0.2, -0.15) is 0 Å². The number of aliphatic hydroxyl groups is 1. The highest BCUT2D eigenvalue weighted by atomic mass is 16.5. The van der Waals surface area contributed by atoms with Crippen molar-refractivity contribution >= 4 is 23.9 Å². The summed E-state index contributed by atoms with van der Waals surface area (Å²) >= 11 is 0. The van der Waals surface area contributed by atoms with E-state index >= 15 is 0 Å². The first-order valence-electron chi connectivity index (χ1n) is 13.9. The van der Waals surface area contributed by atoms with E-state index in [1.807, 2.05) is 13.8 Å². The number of carbonyl (C=O) groups excluding carboxylic acids is 4. The van der Waals surface area contributed by atoms with Crippen molar-refractivity contribution in [3.63, 3.8) is 0 Å². The van der Waals surface area contributed by atoms with E-state index in [-0.39, 0.29) is 48.0 Å². The Kier molecular flexibility index (Phi) is 9.31. The minimum absolute atomic E-state index is 0.00133. The van der Waals surface area contributed by atoms with Crippen molar-refractivity contribution < 1.29 is 38.2 Å². The molecule has 1 fully saturated rings. The van der Waals surface area contributed by atoms with Gasteiger partial charge in [-0.25, -0.2) is 19.1 Å². The molecule has 2 atom stereocenters. The van der Waals surface area contributed by atoms with E-state index in [9.17, 15) is 24.3 Å². The number of ether oxygens (including phenoxy) is 2. The lowest BCUT2D eigenvalue weighted by molar-refractivity contribution is 0.0553. The van der Waals surface area contributed by atoms with Crippen molar-refractivity contribution in [1.29, 1.82) is 0 Å². The van der Waals surface area contributed by atoms with E-state index in [1.165, 1.54) is 0 Å². The lowest BCUT2D eigenvalue weighted by Crippen LogP contribution is -2.54. The number of rotatable bonds is 4. The van der Waals surface area contributed by atoms with Crippen molar-refractivity contribution in [3.8, 4) is 0 Å². The molecule has 14 nitrogen and oxygen atoms in total. The van der Waals surface area contributed by atoms with Crippen LogP contribution in [-0.4, -0.2) is 76.9 Å². The highest BCUT2D eigenvalue weighted by molar-refractivity contribution is 6.11. The van der Waals surface area contributed by atoms with E-state index in [4.69, 9.17) is 13.9 Å². The SMILES string of the molecule is COC(=O)c1c2oc(c1C(=O)OC)C(=O)N[C@@H](C(C)C)Cn1nncc1C1(CCCCC1)NC(=O)N[C@H](CO)CC2. The Morgan fingerprint density at radius 1 is 1.12 bits per heavy atom. The number of nitrogens with zero attached hydrogens (tertiary/aromatic N) is 3. The topological polar surface area (TPSA) is 187 Å². The molecule has 0 saturated heterocycles. The summed E-state index contributed by atoms with van der Waals surface area (Å²) in [6, 6.07) is -1.70. The summed E-state index contributed by atoms with van der Waals surface area (Å²) in [6.45, 7) is 3.66. The van der Waals surface area contributed by atoms with Crippen LogP contribution >= 0.6 is 0 Å². The minimum Gasteiger partial charge on any atom is -0.465 e. The second-order valence-corrected chi connectivity index (χ2v) is 10.9. The molecule has 2 aromatic heterocycles. The van der Waals surface area contributed by atoms with Crippen LogP contribution in [-0.2, 0) is 28.0 Å². The van der Waals surface area contributed by atoms with Crippen LogP contribution in [0.1, 0.15) is 95.1 Å². The van der Waals surface area contributed by atoms with Crippen LogP contribution in [0.25, 0.3) is 0 Å². The van der Waals surface area contributed by atoms with Crippen LogP contribution in [0.15, 0.2) is 10.6 Å². The number of hydrogen-bond donors (Lipinski definition) is 4. The lowest BCUT2D eigenvalue weighted by atomic mass is 9.79. The molecule has 4 rings (SSSR count). The molecule has 4 N–H and O–H groups in total. The molecule has 1 aliphatic heterocycles. The second-order valence-electron chi connectivity index (χ2n) is 10.9. The normalized spacial score (nSPS) is 21.4. The molecule has 2 bridgehead atoms. The van der Waals surface area contributed by atoms with E-state index < -0.39 is 48.1 Å². The number of aromatic nitrogens is 3. The van der Waals surface area contributed by atoms with Crippen LogP contribution in [0, 0.1) is 5.92 Å². The number of aryl methyl sites for hydroxylation is 1. The average Bonchev–Trinajstić information content (AvgIpc) is 3.59. The number of furan rings is 1. The number of esters is 2.